The maximum Gasteiger partial charge on any atom is 0.347 e. The molecule has 1 aliphatic rings. The molecule has 112 valence electrons. The zero-order chi connectivity index (χ0) is 15.9. The number of cyclic esters (lactones) is 2. The zero-order valence-corrected chi connectivity index (χ0v) is 12.2. The number of ether oxygens (including phenoxy) is 1. The molecule has 0 aliphatic carbocycles. The van der Waals surface area contributed by atoms with Gasteiger partial charge < -0.3 is 8.92 Å². The first kappa shape index (κ1) is 14.3. The third kappa shape index (κ3) is 2.46. The molecule has 0 atom stereocenters. The molecule has 0 saturated heterocycles. The predicted molar refractivity (Wildman–Crippen MR) is 75.2 cm³/mol. The second kappa shape index (κ2) is 4.96. The van der Waals surface area contributed by atoms with Gasteiger partial charge in [-0.25, -0.2) is 9.59 Å². The molecule has 0 bridgehead atoms. The number of aryl methyl sites for hydroxylation is 1. The van der Waals surface area contributed by atoms with Crippen LogP contribution >= 0.6 is 0 Å². The lowest BCUT2D eigenvalue weighted by molar-refractivity contribution is 0.0443. The van der Waals surface area contributed by atoms with Gasteiger partial charge in [0.1, 0.15) is 10.6 Å². The fourth-order valence-corrected chi connectivity index (χ4v) is 2.92. The lowest BCUT2D eigenvalue weighted by Crippen LogP contribution is -2.10. The standard InChI is InChI=1S/C15H10O6S/c1-9-2-5-11(6-3-9)22(18,19)21-10-4-7-12-13(8-10)15(17)20-14(12)16/h2-8H,1H3. The van der Waals surface area contributed by atoms with Crippen LogP contribution in [0.15, 0.2) is 47.4 Å². The molecule has 0 fully saturated rings. The molecular weight excluding hydrogens is 308 g/mol. The van der Waals surface area contributed by atoms with E-state index in [9.17, 15) is 18.0 Å². The van der Waals surface area contributed by atoms with Gasteiger partial charge in [-0.1, -0.05) is 17.7 Å². The maximum atomic E-state index is 12.2. The van der Waals surface area contributed by atoms with E-state index in [1.165, 1.54) is 30.3 Å². The lowest BCUT2D eigenvalue weighted by atomic mass is 10.1. The van der Waals surface area contributed by atoms with Gasteiger partial charge in [0.05, 0.1) is 11.1 Å². The number of hydrogen-bond donors (Lipinski definition) is 0. The van der Waals surface area contributed by atoms with Gasteiger partial charge in [-0.3, -0.25) is 0 Å². The molecule has 0 N–H and O–H groups in total. The molecule has 1 heterocycles. The van der Waals surface area contributed by atoms with E-state index in [1.807, 2.05) is 6.92 Å². The fourth-order valence-electron chi connectivity index (χ4n) is 2.00. The highest BCUT2D eigenvalue weighted by atomic mass is 32.2. The van der Waals surface area contributed by atoms with Crippen molar-refractivity contribution in [3.63, 3.8) is 0 Å². The molecule has 6 nitrogen and oxygen atoms in total. The van der Waals surface area contributed by atoms with E-state index in [2.05, 4.69) is 4.74 Å². The Hall–Kier alpha value is -2.67. The van der Waals surface area contributed by atoms with Gasteiger partial charge in [0.15, 0.2) is 0 Å². The number of carbonyl (C=O) groups is 2. The largest absolute Gasteiger partial charge is 0.386 e. The summed E-state index contributed by atoms with van der Waals surface area (Å²) >= 11 is 0. The van der Waals surface area contributed by atoms with E-state index in [4.69, 9.17) is 4.18 Å². The summed E-state index contributed by atoms with van der Waals surface area (Å²) in [4.78, 5) is 22.8. The van der Waals surface area contributed by atoms with Crippen LogP contribution in [0.2, 0.25) is 0 Å². The van der Waals surface area contributed by atoms with Crippen molar-refractivity contribution in [2.75, 3.05) is 0 Å². The Labute approximate surface area is 126 Å². The van der Waals surface area contributed by atoms with Crippen LogP contribution in [0.4, 0.5) is 0 Å². The molecule has 0 unspecified atom stereocenters. The smallest absolute Gasteiger partial charge is 0.347 e. The van der Waals surface area contributed by atoms with Crippen LogP contribution in [0.5, 0.6) is 5.75 Å². The molecular formula is C15H10O6S. The van der Waals surface area contributed by atoms with Crippen LogP contribution in [-0.4, -0.2) is 20.4 Å². The molecule has 3 rings (SSSR count). The summed E-state index contributed by atoms with van der Waals surface area (Å²) < 4.78 is 33.7. The molecule has 1 aliphatic heterocycles. The van der Waals surface area contributed by atoms with Gasteiger partial charge in [0, 0.05) is 0 Å². The van der Waals surface area contributed by atoms with E-state index in [0.717, 1.165) is 5.56 Å². The van der Waals surface area contributed by atoms with Crippen LogP contribution in [0, 0.1) is 6.92 Å². The number of benzene rings is 2. The van der Waals surface area contributed by atoms with Crippen molar-refractivity contribution in [1.82, 2.24) is 0 Å². The summed E-state index contributed by atoms with van der Waals surface area (Å²) in [5.74, 6) is -1.64. The van der Waals surface area contributed by atoms with Crippen LogP contribution < -0.4 is 4.18 Å². The monoisotopic (exact) mass is 318 g/mol. The summed E-state index contributed by atoms with van der Waals surface area (Å²) in [7, 11) is -4.02. The second-order valence-corrected chi connectivity index (χ2v) is 6.28. The van der Waals surface area contributed by atoms with E-state index < -0.39 is 22.1 Å². The van der Waals surface area contributed by atoms with E-state index >= 15 is 0 Å². The Morgan fingerprint density at radius 3 is 2.23 bits per heavy atom. The molecule has 22 heavy (non-hydrogen) atoms. The van der Waals surface area contributed by atoms with Gasteiger partial charge >= 0.3 is 22.1 Å². The normalized spacial score (nSPS) is 13.7. The van der Waals surface area contributed by atoms with Crippen molar-refractivity contribution < 1.29 is 26.9 Å². The predicted octanol–water partition coefficient (Wildman–Crippen LogP) is 2.07. The molecule has 7 heteroatoms. The summed E-state index contributed by atoms with van der Waals surface area (Å²) in [6, 6.07) is 9.91. The highest BCUT2D eigenvalue weighted by molar-refractivity contribution is 7.87. The molecule has 2 aromatic rings. The average Bonchev–Trinajstić information content (AvgIpc) is 2.74. The number of carbonyl (C=O) groups excluding carboxylic acids is 2. The van der Waals surface area contributed by atoms with Crippen LogP contribution in [0.25, 0.3) is 0 Å². The minimum absolute atomic E-state index is 0.00255. The molecule has 0 spiro atoms. The quantitative estimate of drug-likeness (QED) is 0.489. The second-order valence-electron chi connectivity index (χ2n) is 4.73. The van der Waals surface area contributed by atoms with Crippen molar-refractivity contribution in [2.24, 2.45) is 0 Å². The van der Waals surface area contributed by atoms with E-state index in [-0.39, 0.29) is 21.8 Å². The average molecular weight is 318 g/mol. The lowest BCUT2D eigenvalue weighted by Gasteiger charge is -2.07. The summed E-state index contributed by atoms with van der Waals surface area (Å²) in [6.07, 6.45) is 0. The summed E-state index contributed by atoms with van der Waals surface area (Å²) in [5, 5.41) is 0. The molecule has 0 radical (unpaired) electrons. The summed E-state index contributed by atoms with van der Waals surface area (Å²) in [5.41, 5.74) is 0.990. The Morgan fingerprint density at radius 2 is 1.55 bits per heavy atom. The van der Waals surface area contributed by atoms with Crippen molar-refractivity contribution in [3.8, 4) is 5.75 Å². The minimum Gasteiger partial charge on any atom is -0.386 e. The molecule has 0 saturated carbocycles. The maximum absolute atomic E-state index is 12.2. The van der Waals surface area contributed by atoms with E-state index in [0.29, 0.717) is 0 Å². The van der Waals surface area contributed by atoms with Gasteiger partial charge in [-0.15, -0.1) is 0 Å². The molecule has 0 aromatic heterocycles. The Kier molecular flexibility index (Phi) is 3.22. The van der Waals surface area contributed by atoms with Crippen molar-refractivity contribution in [2.45, 2.75) is 11.8 Å². The third-order valence-electron chi connectivity index (χ3n) is 3.13. The highest BCUT2D eigenvalue weighted by Crippen LogP contribution is 2.26. The molecule has 2 aromatic carbocycles. The topological polar surface area (TPSA) is 86.7 Å². The van der Waals surface area contributed by atoms with Crippen molar-refractivity contribution in [1.29, 1.82) is 0 Å². The SMILES string of the molecule is Cc1ccc(S(=O)(=O)Oc2ccc3c(c2)C(=O)OC3=O)cc1. The number of fused-ring (bicyclic) bond motifs is 1. The Morgan fingerprint density at radius 1 is 0.909 bits per heavy atom. The van der Waals surface area contributed by atoms with Gasteiger partial charge in [0.2, 0.25) is 0 Å². The fraction of sp³-hybridized carbons (Fsp3) is 0.0667. The third-order valence-corrected chi connectivity index (χ3v) is 4.39. The first-order chi connectivity index (χ1) is 10.4. The zero-order valence-electron chi connectivity index (χ0n) is 11.4. The minimum atomic E-state index is -4.02. The van der Waals surface area contributed by atoms with Gasteiger partial charge in [-0.2, -0.15) is 8.42 Å². The van der Waals surface area contributed by atoms with Gasteiger partial charge in [-0.05, 0) is 37.3 Å². The number of hydrogen-bond acceptors (Lipinski definition) is 6. The summed E-state index contributed by atoms with van der Waals surface area (Å²) in [6.45, 7) is 1.83. The first-order valence-corrected chi connectivity index (χ1v) is 7.69. The van der Waals surface area contributed by atoms with Crippen LogP contribution in [0.1, 0.15) is 26.3 Å². The van der Waals surface area contributed by atoms with E-state index in [1.54, 1.807) is 12.1 Å². The first-order valence-electron chi connectivity index (χ1n) is 6.28. The van der Waals surface area contributed by atoms with Crippen molar-refractivity contribution in [3.05, 3.63) is 59.2 Å². The molecule has 0 amide bonds. The highest BCUT2D eigenvalue weighted by Gasteiger charge is 2.30. The van der Waals surface area contributed by atoms with Crippen LogP contribution in [-0.2, 0) is 14.9 Å². The Bertz CT molecular complexity index is 881. The number of esters is 2. The van der Waals surface area contributed by atoms with Gasteiger partial charge in [0.25, 0.3) is 0 Å². The van der Waals surface area contributed by atoms with Crippen LogP contribution in [0.3, 0.4) is 0 Å². The number of rotatable bonds is 3. The Balaban J connectivity index is 1.93. The van der Waals surface area contributed by atoms with Crippen molar-refractivity contribution >= 4 is 22.1 Å².